The number of carbonyl (C=O) groups is 1. The number of nitro groups is 1. The number of ether oxygens (including phenoxy) is 2. The lowest BCUT2D eigenvalue weighted by Gasteiger charge is -2.39. The van der Waals surface area contributed by atoms with E-state index in [2.05, 4.69) is 10.1 Å². The van der Waals surface area contributed by atoms with E-state index in [4.69, 9.17) is 15.6 Å². The highest BCUT2D eigenvalue weighted by atomic mass is 32.2. The zero-order valence-corrected chi connectivity index (χ0v) is 25.8. The number of sulfonamides is 1. The largest absolute Gasteiger partial charge is 0.573 e. The quantitative estimate of drug-likeness (QED) is 0.189. The molecule has 1 saturated heterocycles. The van der Waals surface area contributed by atoms with Gasteiger partial charge in [-0.2, -0.15) is 9.40 Å². The number of anilines is 1. The zero-order chi connectivity index (χ0) is 34.2. The molecule has 1 aromatic heterocycles. The number of rotatable bonds is 9. The number of piperazine rings is 1. The van der Waals surface area contributed by atoms with Crippen molar-refractivity contribution in [1.29, 1.82) is 0 Å². The van der Waals surface area contributed by atoms with Crippen LogP contribution in [0.15, 0.2) is 77.7 Å². The predicted octanol–water partition coefficient (Wildman–Crippen LogP) is 4.43. The molecule has 0 bridgehead atoms. The minimum Gasteiger partial charge on any atom is -0.453 e. The average Bonchev–Trinajstić information content (AvgIpc) is 3.46. The summed E-state index contributed by atoms with van der Waals surface area (Å²) in [4.78, 5) is 25.1. The Kier molecular flexibility index (Phi) is 8.71. The number of nitrogens with zero attached hydrogens (tertiary/aromatic N) is 5. The number of para-hydroxylation sites is 3. The number of alkyl halides is 3. The van der Waals surface area contributed by atoms with Gasteiger partial charge in [0.1, 0.15) is 11.4 Å². The van der Waals surface area contributed by atoms with Crippen LogP contribution in [0.5, 0.6) is 17.2 Å². The van der Waals surface area contributed by atoms with E-state index in [1.807, 2.05) is 4.90 Å². The Labute approximate surface area is 271 Å². The SMILES string of the molecule is NC(=O)c1c2c(nn1-c1ccc(Oc3ccccc3OC(F)(F)F)cc1)[C@@H](N1CCN(S(=O)(=O)c3ccccc3[N+](=O)[O-])CC1)CCN2. The number of nitro benzene ring substituents is 1. The molecular formula is C30H28F3N7O7S. The van der Waals surface area contributed by atoms with Crippen molar-refractivity contribution >= 4 is 27.3 Å². The van der Waals surface area contributed by atoms with Crippen LogP contribution in [0.2, 0.25) is 0 Å². The molecule has 0 aliphatic carbocycles. The molecule has 0 unspecified atom stereocenters. The first-order valence-electron chi connectivity index (χ1n) is 14.6. The van der Waals surface area contributed by atoms with Gasteiger partial charge in [-0.25, -0.2) is 13.1 Å². The molecule has 252 valence electrons. The number of carbonyl (C=O) groups excluding carboxylic acids is 1. The van der Waals surface area contributed by atoms with Crippen LogP contribution in [-0.4, -0.2) is 77.3 Å². The minimum atomic E-state index is -4.91. The van der Waals surface area contributed by atoms with Gasteiger partial charge in [0.2, 0.25) is 10.0 Å². The third kappa shape index (κ3) is 6.49. The lowest BCUT2D eigenvalue weighted by molar-refractivity contribution is -0.387. The number of primary amides is 1. The molecule has 3 aromatic carbocycles. The molecule has 0 saturated carbocycles. The van der Waals surface area contributed by atoms with E-state index in [9.17, 15) is 36.5 Å². The maximum atomic E-state index is 13.3. The number of halogens is 3. The number of amides is 1. The molecule has 2 aliphatic rings. The Morgan fingerprint density at radius 3 is 2.27 bits per heavy atom. The van der Waals surface area contributed by atoms with E-state index in [-0.39, 0.29) is 41.2 Å². The van der Waals surface area contributed by atoms with Crippen LogP contribution in [0, 0.1) is 10.1 Å². The number of nitrogens with one attached hydrogen (secondary N) is 1. The van der Waals surface area contributed by atoms with Crippen molar-refractivity contribution in [3.05, 3.63) is 94.3 Å². The summed E-state index contributed by atoms with van der Waals surface area (Å²) in [6.45, 7) is 1.23. The van der Waals surface area contributed by atoms with E-state index in [0.29, 0.717) is 43.1 Å². The molecule has 1 amide bonds. The van der Waals surface area contributed by atoms with Crippen LogP contribution in [0.25, 0.3) is 5.69 Å². The molecule has 0 radical (unpaired) electrons. The molecule has 3 N–H and O–H groups in total. The summed E-state index contributed by atoms with van der Waals surface area (Å²) in [6, 6.07) is 16.4. The Morgan fingerprint density at radius 1 is 0.979 bits per heavy atom. The average molecular weight is 688 g/mol. The molecule has 1 fully saturated rings. The van der Waals surface area contributed by atoms with Gasteiger partial charge in [-0.05, 0) is 48.9 Å². The maximum absolute atomic E-state index is 13.3. The molecule has 18 heteroatoms. The van der Waals surface area contributed by atoms with Crippen LogP contribution in [0.4, 0.5) is 24.5 Å². The topological polar surface area (TPSA) is 175 Å². The summed E-state index contributed by atoms with van der Waals surface area (Å²) in [5, 5.41) is 19.4. The molecule has 3 heterocycles. The van der Waals surface area contributed by atoms with Gasteiger partial charge in [-0.1, -0.05) is 24.3 Å². The maximum Gasteiger partial charge on any atom is 0.573 e. The second-order valence-corrected chi connectivity index (χ2v) is 12.8. The van der Waals surface area contributed by atoms with Gasteiger partial charge in [-0.3, -0.25) is 19.8 Å². The number of aromatic nitrogens is 2. The predicted molar refractivity (Wildman–Crippen MR) is 165 cm³/mol. The molecule has 4 aromatic rings. The van der Waals surface area contributed by atoms with Crippen molar-refractivity contribution < 1.29 is 40.8 Å². The third-order valence-corrected chi connectivity index (χ3v) is 9.90. The van der Waals surface area contributed by atoms with Crippen LogP contribution in [-0.2, 0) is 10.0 Å². The number of fused-ring (bicyclic) bond motifs is 1. The van der Waals surface area contributed by atoms with E-state index in [1.165, 1.54) is 57.5 Å². The van der Waals surface area contributed by atoms with Crippen molar-refractivity contribution in [2.24, 2.45) is 5.73 Å². The standard InChI is InChI=1S/C30H28F3N7O7S/c31-30(32,33)47-24-7-3-2-6-23(24)46-20-11-9-19(10-12-20)39-28(29(34)41)27-26(36-39)22(13-14-35-27)37-15-17-38(18-16-37)48(44,45)25-8-4-1-5-21(25)40(42)43/h1-12,22,35H,13-18H2,(H2,34,41)/t22-/m0/s1. The lowest BCUT2D eigenvalue weighted by Crippen LogP contribution is -2.50. The Bertz CT molecular complexity index is 1960. The highest BCUT2D eigenvalue weighted by molar-refractivity contribution is 7.89. The number of hydrogen-bond acceptors (Lipinski definition) is 10. The van der Waals surface area contributed by atoms with Crippen molar-refractivity contribution in [2.75, 3.05) is 38.0 Å². The fourth-order valence-electron chi connectivity index (χ4n) is 5.83. The molecule has 48 heavy (non-hydrogen) atoms. The van der Waals surface area contributed by atoms with E-state index in [1.54, 1.807) is 12.1 Å². The molecule has 14 nitrogen and oxygen atoms in total. The van der Waals surface area contributed by atoms with Crippen LogP contribution in [0.3, 0.4) is 0 Å². The molecular weight excluding hydrogens is 659 g/mol. The van der Waals surface area contributed by atoms with Crippen molar-refractivity contribution in [3.63, 3.8) is 0 Å². The number of hydrogen-bond donors (Lipinski definition) is 2. The van der Waals surface area contributed by atoms with Crippen LogP contribution < -0.4 is 20.5 Å². The first-order valence-corrected chi connectivity index (χ1v) is 16.0. The summed E-state index contributed by atoms with van der Waals surface area (Å²) in [7, 11) is -4.13. The van der Waals surface area contributed by atoms with Gasteiger partial charge < -0.3 is 20.5 Å². The lowest BCUT2D eigenvalue weighted by atomic mass is 10.0. The van der Waals surface area contributed by atoms with Gasteiger partial charge in [0.25, 0.3) is 11.6 Å². The Morgan fingerprint density at radius 2 is 1.62 bits per heavy atom. The molecule has 2 aliphatic heterocycles. The van der Waals surface area contributed by atoms with Gasteiger partial charge in [0.05, 0.1) is 22.3 Å². The van der Waals surface area contributed by atoms with Crippen molar-refractivity contribution in [1.82, 2.24) is 19.0 Å². The second kappa shape index (κ2) is 12.8. The Hall–Kier alpha value is -5.20. The van der Waals surface area contributed by atoms with Crippen LogP contribution in [0.1, 0.15) is 28.6 Å². The number of benzene rings is 3. The first kappa shape index (κ1) is 32.7. The van der Waals surface area contributed by atoms with Gasteiger partial charge in [-0.15, -0.1) is 13.2 Å². The monoisotopic (exact) mass is 687 g/mol. The summed E-state index contributed by atoms with van der Waals surface area (Å²) in [6.07, 6.45) is -4.32. The van der Waals surface area contributed by atoms with E-state index < -0.39 is 38.7 Å². The van der Waals surface area contributed by atoms with Gasteiger partial charge >= 0.3 is 6.36 Å². The zero-order valence-electron chi connectivity index (χ0n) is 25.0. The summed E-state index contributed by atoms with van der Waals surface area (Å²) in [5.74, 6) is -1.23. The first-order chi connectivity index (χ1) is 22.8. The minimum absolute atomic E-state index is 0.0790. The highest BCUT2D eigenvalue weighted by Gasteiger charge is 2.39. The smallest absolute Gasteiger partial charge is 0.453 e. The summed E-state index contributed by atoms with van der Waals surface area (Å²) < 4.78 is 77.4. The van der Waals surface area contributed by atoms with E-state index >= 15 is 0 Å². The summed E-state index contributed by atoms with van der Waals surface area (Å²) >= 11 is 0. The molecule has 6 rings (SSSR count). The third-order valence-electron chi connectivity index (χ3n) is 7.96. The van der Waals surface area contributed by atoms with E-state index in [0.717, 1.165) is 12.1 Å². The van der Waals surface area contributed by atoms with Gasteiger partial charge in [0.15, 0.2) is 22.1 Å². The summed E-state index contributed by atoms with van der Waals surface area (Å²) in [5.41, 5.74) is 6.78. The molecule has 1 atom stereocenters. The van der Waals surface area contributed by atoms with Crippen molar-refractivity contribution in [3.8, 4) is 22.9 Å². The van der Waals surface area contributed by atoms with Crippen molar-refractivity contribution in [2.45, 2.75) is 23.7 Å². The fourth-order valence-corrected chi connectivity index (χ4v) is 7.41. The van der Waals surface area contributed by atoms with Crippen LogP contribution >= 0.6 is 0 Å². The normalized spacial score (nSPS) is 17.3. The number of nitrogens with two attached hydrogens (primary N) is 1. The molecule has 0 spiro atoms. The second-order valence-electron chi connectivity index (χ2n) is 10.9. The Balaban J connectivity index is 1.22. The highest BCUT2D eigenvalue weighted by Crippen LogP contribution is 2.39. The van der Waals surface area contributed by atoms with Gasteiger partial charge in [0, 0.05) is 38.8 Å². The fraction of sp³-hybridized carbons (Fsp3) is 0.267.